The van der Waals surface area contributed by atoms with E-state index in [4.69, 9.17) is 5.73 Å². The van der Waals surface area contributed by atoms with Gasteiger partial charge in [0.2, 0.25) is 0 Å². The largest absolute Gasteiger partial charge is 0.374 e. The SMILES string of the molecule is Cc1ccc(C(C)(C)C)cc1N(C)CCC(C)CN. The van der Waals surface area contributed by atoms with Crippen LogP contribution >= 0.6 is 0 Å². The second-order valence-corrected chi connectivity index (χ2v) is 6.80. The highest BCUT2D eigenvalue weighted by atomic mass is 15.1. The lowest BCUT2D eigenvalue weighted by molar-refractivity contribution is 0.544. The fourth-order valence-corrected chi connectivity index (χ4v) is 2.14. The van der Waals surface area contributed by atoms with Crippen LogP contribution in [-0.2, 0) is 5.41 Å². The molecule has 2 N–H and O–H groups in total. The molecule has 1 aromatic carbocycles. The molecular formula is C17H30N2. The Balaban J connectivity index is 2.87. The zero-order chi connectivity index (χ0) is 14.6. The number of hydrogen-bond donors (Lipinski definition) is 1. The molecule has 2 heteroatoms. The van der Waals surface area contributed by atoms with Crippen molar-refractivity contribution in [1.82, 2.24) is 0 Å². The number of aryl methyl sites for hydroxylation is 1. The van der Waals surface area contributed by atoms with Crippen LogP contribution in [0.2, 0.25) is 0 Å². The molecule has 0 bridgehead atoms. The lowest BCUT2D eigenvalue weighted by atomic mass is 9.86. The molecular weight excluding hydrogens is 232 g/mol. The van der Waals surface area contributed by atoms with E-state index in [0.29, 0.717) is 5.92 Å². The van der Waals surface area contributed by atoms with E-state index in [9.17, 15) is 0 Å². The Kier molecular flexibility index (Phi) is 5.42. The summed E-state index contributed by atoms with van der Waals surface area (Å²) in [7, 11) is 2.18. The smallest absolute Gasteiger partial charge is 0.0396 e. The molecule has 0 saturated carbocycles. The zero-order valence-electron chi connectivity index (χ0n) is 13.5. The van der Waals surface area contributed by atoms with Gasteiger partial charge in [0.1, 0.15) is 0 Å². The summed E-state index contributed by atoms with van der Waals surface area (Å²) in [6.07, 6.45) is 1.15. The summed E-state index contributed by atoms with van der Waals surface area (Å²) in [5, 5.41) is 0. The minimum Gasteiger partial charge on any atom is -0.374 e. The molecule has 1 rings (SSSR count). The van der Waals surface area contributed by atoms with Gasteiger partial charge in [0.15, 0.2) is 0 Å². The molecule has 0 amide bonds. The fraction of sp³-hybridized carbons (Fsp3) is 0.647. The van der Waals surface area contributed by atoms with Crippen LogP contribution < -0.4 is 10.6 Å². The second-order valence-electron chi connectivity index (χ2n) is 6.80. The van der Waals surface area contributed by atoms with Crippen LogP contribution in [0.4, 0.5) is 5.69 Å². The first-order chi connectivity index (χ1) is 8.75. The van der Waals surface area contributed by atoms with Crippen molar-refractivity contribution in [3.63, 3.8) is 0 Å². The third-order valence-corrected chi connectivity index (χ3v) is 3.85. The number of nitrogens with two attached hydrogens (primary N) is 1. The molecule has 1 unspecified atom stereocenters. The van der Waals surface area contributed by atoms with Gasteiger partial charge in [-0.15, -0.1) is 0 Å². The first-order valence-corrected chi connectivity index (χ1v) is 7.28. The Hall–Kier alpha value is -1.02. The summed E-state index contributed by atoms with van der Waals surface area (Å²) in [6.45, 7) is 13.0. The number of nitrogens with zero attached hydrogens (tertiary/aromatic N) is 1. The van der Waals surface area contributed by atoms with Crippen molar-refractivity contribution in [3.8, 4) is 0 Å². The molecule has 0 aliphatic rings. The molecule has 1 aromatic rings. The molecule has 0 fully saturated rings. The molecule has 2 nitrogen and oxygen atoms in total. The number of anilines is 1. The standard InChI is InChI=1S/C17H30N2/c1-13(12-18)9-10-19(6)16-11-15(17(3,4)5)8-7-14(16)2/h7-8,11,13H,9-10,12,18H2,1-6H3. The second kappa shape index (κ2) is 6.42. The lowest BCUT2D eigenvalue weighted by Crippen LogP contribution is -2.24. The van der Waals surface area contributed by atoms with Crippen LogP contribution in [-0.4, -0.2) is 20.1 Å². The van der Waals surface area contributed by atoms with Gasteiger partial charge >= 0.3 is 0 Å². The maximum atomic E-state index is 5.69. The van der Waals surface area contributed by atoms with E-state index in [1.165, 1.54) is 16.8 Å². The average Bonchev–Trinajstić information content (AvgIpc) is 2.34. The molecule has 108 valence electrons. The fourth-order valence-electron chi connectivity index (χ4n) is 2.14. The Bertz CT molecular complexity index is 404. The van der Waals surface area contributed by atoms with Gasteiger partial charge in [-0.05, 0) is 48.4 Å². The highest BCUT2D eigenvalue weighted by Crippen LogP contribution is 2.28. The predicted molar refractivity (Wildman–Crippen MR) is 86.0 cm³/mol. The van der Waals surface area contributed by atoms with E-state index in [1.54, 1.807) is 0 Å². The number of hydrogen-bond acceptors (Lipinski definition) is 2. The van der Waals surface area contributed by atoms with Crippen LogP contribution in [0.1, 0.15) is 45.2 Å². The van der Waals surface area contributed by atoms with Crippen molar-refractivity contribution in [3.05, 3.63) is 29.3 Å². The number of rotatable bonds is 5. The van der Waals surface area contributed by atoms with E-state index in [1.807, 2.05) is 0 Å². The Morgan fingerprint density at radius 3 is 2.42 bits per heavy atom. The maximum absolute atomic E-state index is 5.69. The summed E-state index contributed by atoms with van der Waals surface area (Å²) < 4.78 is 0. The highest BCUT2D eigenvalue weighted by Gasteiger charge is 2.16. The summed E-state index contributed by atoms with van der Waals surface area (Å²) >= 11 is 0. The van der Waals surface area contributed by atoms with Crippen molar-refractivity contribution in [1.29, 1.82) is 0 Å². The van der Waals surface area contributed by atoms with Crippen molar-refractivity contribution in [2.75, 3.05) is 25.0 Å². The topological polar surface area (TPSA) is 29.3 Å². The van der Waals surface area contributed by atoms with Gasteiger partial charge in [0.05, 0.1) is 0 Å². The first-order valence-electron chi connectivity index (χ1n) is 7.28. The molecule has 0 spiro atoms. The third kappa shape index (κ3) is 4.54. The lowest BCUT2D eigenvalue weighted by Gasteiger charge is -2.26. The van der Waals surface area contributed by atoms with Crippen molar-refractivity contribution >= 4 is 5.69 Å². The van der Waals surface area contributed by atoms with Gasteiger partial charge in [-0.2, -0.15) is 0 Å². The van der Waals surface area contributed by atoms with E-state index in [2.05, 4.69) is 64.8 Å². The van der Waals surface area contributed by atoms with Gasteiger partial charge < -0.3 is 10.6 Å². The Morgan fingerprint density at radius 2 is 1.89 bits per heavy atom. The summed E-state index contributed by atoms with van der Waals surface area (Å²) in [6, 6.07) is 6.82. The molecule has 19 heavy (non-hydrogen) atoms. The Labute approximate surface area is 119 Å². The molecule has 0 aromatic heterocycles. The average molecular weight is 262 g/mol. The summed E-state index contributed by atoms with van der Waals surface area (Å²) in [5.41, 5.74) is 9.97. The van der Waals surface area contributed by atoms with E-state index >= 15 is 0 Å². The van der Waals surface area contributed by atoms with Gasteiger partial charge in [-0.25, -0.2) is 0 Å². The molecule has 0 saturated heterocycles. The maximum Gasteiger partial charge on any atom is 0.0396 e. The van der Waals surface area contributed by atoms with Crippen LogP contribution in [0.3, 0.4) is 0 Å². The van der Waals surface area contributed by atoms with E-state index < -0.39 is 0 Å². The molecule has 0 aliphatic carbocycles. The van der Waals surface area contributed by atoms with Gasteiger partial charge in [0.25, 0.3) is 0 Å². The van der Waals surface area contributed by atoms with E-state index in [-0.39, 0.29) is 5.41 Å². The van der Waals surface area contributed by atoms with Crippen molar-refractivity contribution < 1.29 is 0 Å². The highest BCUT2D eigenvalue weighted by molar-refractivity contribution is 5.55. The van der Waals surface area contributed by atoms with Crippen LogP contribution in [0.25, 0.3) is 0 Å². The van der Waals surface area contributed by atoms with Crippen molar-refractivity contribution in [2.45, 2.75) is 46.5 Å². The van der Waals surface area contributed by atoms with Crippen LogP contribution in [0.15, 0.2) is 18.2 Å². The number of benzene rings is 1. The minimum absolute atomic E-state index is 0.202. The van der Waals surface area contributed by atoms with Gasteiger partial charge in [-0.1, -0.05) is 39.8 Å². The first kappa shape index (κ1) is 16.0. The molecule has 0 aliphatic heterocycles. The third-order valence-electron chi connectivity index (χ3n) is 3.85. The quantitative estimate of drug-likeness (QED) is 0.876. The predicted octanol–water partition coefficient (Wildman–Crippen LogP) is 3.71. The monoisotopic (exact) mass is 262 g/mol. The molecule has 0 radical (unpaired) electrons. The van der Waals surface area contributed by atoms with Crippen LogP contribution in [0, 0.1) is 12.8 Å². The van der Waals surface area contributed by atoms with E-state index in [0.717, 1.165) is 19.5 Å². The zero-order valence-corrected chi connectivity index (χ0v) is 13.5. The van der Waals surface area contributed by atoms with Gasteiger partial charge in [-0.3, -0.25) is 0 Å². The minimum atomic E-state index is 0.202. The van der Waals surface area contributed by atoms with Crippen molar-refractivity contribution in [2.24, 2.45) is 11.7 Å². The van der Waals surface area contributed by atoms with Gasteiger partial charge in [0, 0.05) is 19.3 Å². The normalized spacial score (nSPS) is 13.4. The molecule has 1 atom stereocenters. The summed E-state index contributed by atoms with van der Waals surface area (Å²) in [5.74, 6) is 0.591. The summed E-state index contributed by atoms with van der Waals surface area (Å²) in [4.78, 5) is 2.36. The Morgan fingerprint density at radius 1 is 1.26 bits per heavy atom. The van der Waals surface area contributed by atoms with Crippen LogP contribution in [0.5, 0.6) is 0 Å². The molecule has 0 heterocycles.